The maximum absolute atomic E-state index is 12.5. The molecule has 0 aliphatic heterocycles. The van der Waals surface area contributed by atoms with Gasteiger partial charge in [-0.25, -0.2) is 4.39 Å². The van der Waals surface area contributed by atoms with Crippen molar-refractivity contribution in [2.45, 2.75) is 20.0 Å². The molecule has 1 aromatic carbocycles. The van der Waals surface area contributed by atoms with Crippen molar-refractivity contribution in [3.63, 3.8) is 0 Å². The maximum Gasteiger partial charge on any atom is 0.573 e. The zero-order valence-electron chi connectivity index (χ0n) is 8.47. The fourth-order valence-corrected chi connectivity index (χ4v) is 1.15. The predicted octanol–water partition coefficient (Wildman–Crippen LogP) is 3.45. The molecule has 0 N–H and O–H groups in total. The Morgan fingerprint density at radius 1 is 1.25 bits per heavy atom. The molecule has 0 bridgehead atoms. The molecule has 1 aromatic rings. The Morgan fingerprint density at radius 3 is 2.44 bits per heavy atom. The molecule has 0 saturated heterocycles. The third kappa shape index (κ3) is 3.60. The monoisotopic (exact) mass is 238 g/mol. The molecule has 90 valence electrons. The normalized spacial score (nSPS) is 11.3. The van der Waals surface area contributed by atoms with Gasteiger partial charge in [0, 0.05) is 5.56 Å². The lowest BCUT2D eigenvalue weighted by Crippen LogP contribution is -2.17. The van der Waals surface area contributed by atoms with Gasteiger partial charge in [-0.15, -0.1) is 13.2 Å². The van der Waals surface area contributed by atoms with Crippen LogP contribution in [0.5, 0.6) is 11.5 Å². The van der Waals surface area contributed by atoms with Crippen molar-refractivity contribution in [1.82, 2.24) is 0 Å². The number of hydrogen-bond acceptors (Lipinski definition) is 2. The zero-order valence-corrected chi connectivity index (χ0v) is 8.47. The second kappa shape index (κ2) is 5.05. The number of hydrogen-bond donors (Lipinski definition) is 0. The number of rotatable bonds is 4. The quantitative estimate of drug-likeness (QED) is 0.748. The summed E-state index contributed by atoms with van der Waals surface area (Å²) in [5.74, 6) is -0.233. The van der Waals surface area contributed by atoms with E-state index in [9.17, 15) is 17.6 Å². The molecule has 0 radical (unpaired) electrons. The van der Waals surface area contributed by atoms with E-state index in [1.807, 2.05) is 0 Å². The van der Waals surface area contributed by atoms with Crippen LogP contribution in [0.4, 0.5) is 17.6 Å². The van der Waals surface area contributed by atoms with E-state index in [1.165, 1.54) is 6.07 Å². The molecular formula is C10H10F4O2. The van der Waals surface area contributed by atoms with Gasteiger partial charge in [0.1, 0.15) is 18.2 Å². The first-order valence-electron chi connectivity index (χ1n) is 4.53. The van der Waals surface area contributed by atoms with Crippen LogP contribution >= 0.6 is 0 Å². The van der Waals surface area contributed by atoms with Crippen molar-refractivity contribution >= 4 is 0 Å². The summed E-state index contributed by atoms with van der Waals surface area (Å²) >= 11 is 0. The third-order valence-corrected chi connectivity index (χ3v) is 1.71. The Bertz CT molecular complexity index is 349. The summed E-state index contributed by atoms with van der Waals surface area (Å²) in [5.41, 5.74) is 0.0311. The highest BCUT2D eigenvalue weighted by molar-refractivity contribution is 5.40. The molecule has 0 heterocycles. The minimum absolute atomic E-state index is 0.0311. The van der Waals surface area contributed by atoms with Gasteiger partial charge in [-0.2, -0.15) is 0 Å². The van der Waals surface area contributed by atoms with E-state index in [2.05, 4.69) is 4.74 Å². The van der Waals surface area contributed by atoms with E-state index in [4.69, 9.17) is 4.74 Å². The molecule has 0 atom stereocenters. The Balaban J connectivity index is 2.90. The van der Waals surface area contributed by atoms with Gasteiger partial charge < -0.3 is 9.47 Å². The molecule has 0 unspecified atom stereocenters. The summed E-state index contributed by atoms with van der Waals surface area (Å²) < 4.78 is 56.8. The first-order valence-corrected chi connectivity index (χ1v) is 4.53. The third-order valence-electron chi connectivity index (χ3n) is 1.71. The lowest BCUT2D eigenvalue weighted by molar-refractivity contribution is -0.274. The van der Waals surface area contributed by atoms with Gasteiger partial charge in [0.2, 0.25) is 0 Å². The van der Waals surface area contributed by atoms with E-state index < -0.39 is 18.8 Å². The van der Waals surface area contributed by atoms with Crippen molar-refractivity contribution in [2.75, 3.05) is 6.61 Å². The van der Waals surface area contributed by atoms with Crippen LogP contribution in [0.2, 0.25) is 0 Å². The summed E-state index contributed by atoms with van der Waals surface area (Å²) in [7, 11) is 0. The second-order valence-electron chi connectivity index (χ2n) is 2.88. The van der Waals surface area contributed by atoms with E-state index in [0.29, 0.717) is 6.61 Å². The molecule has 0 fully saturated rings. The van der Waals surface area contributed by atoms with Crippen LogP contribution in [-0.4, -0.2) is 13.0 Å². The molecule has 1 rings (SSSR count). The second-order valence-corrected chi connectivity index (χ2v) is 2.88. The Kier molecular flexibility index (Phi) is 3.98. The first-order chi connectivity index (χ1) is 7.46. The molecule has 0 aromatic heterocycles. The molecule has 2 nitrogen and oxygen atoms in total. The van der Waals surface area contributed by atoms with Gasteiger partial charge in [0.15, 0.2) is 0 Å². The van der Waals surface area contributed by atoms with Crippen molar-refractivity contribution in [1.29, 1.82) is 0 Å². The highest BCUT2D eigenvalue weighted by Gasteiger charge is 2.31. The van der Waals surface area contributed by atoms with Crippen LogP contribution in [0.15, 0.2) is 18.2 Å². The molecule has 16 heavy (non-hydrogen) atoms. The highest BCUT2D eigenvalue weighted by atomic mass is 19.4. The van der Waals surface area contributed by atoms with E-state index in [-0.39, 0.29) is 11.3 Å². The lowest BCUT2D eigenvalue weighted by atomic mass is 10.2. The van der Waals surface area contributed by atoms with Crippen LogP contribution in [0.1, 0.15) is 12.5 Å². The zero-order chi connectivity index (χ0) is 12.2. The minimum atomic E-state index is -4.78. The van der Waals surface area contributed by atoms with Crippen LogP contribution < -0.4 is 9.47 Å². The van der Waals surface area contributed by atoms with E-state index >= 15 is 0 Å². The molecular weight excluding hydrogens is 228 g/mol. The SMILES string of the molecule is CCOc1ccc(OC(F)(F)F)cc1CF. The fraction of sp³-hybridized carbons (Fsp3) is 0.400. The van der Waals surface area contributed by atoms with Gasteiger partial charge >= 0.3 is 6.36 Å². The molecule has 0 saturated carbocycles. The molecule has 0 amide bonds. The van der Waals surface area contributed by atoms with Crippen LogP contribution in [-0.2, 0) is 6.67 Å². The van der Waals surface area contributed by atoms with Crippen molar-refractivity contribution < 1.29 is 27.0 Å². The van der Waals surface area contributed by atoms with E-state index in [0.717, 1.165) is 12.1 Å². The van der Waals surface area contributed by atoms with Crippen LogP contribution in [0, 0.1) is 0 Å². The summed E-state index contributed by atoms with van der Waals surface area (Å²) in [6.45, 7) is 1.10. The molecule has 6 heteroatoms. The van der Waals surface area contributed by atoms with Crippen LogP contribution in [0.3, 0.4) is 0 Å². The highest BCUT2D eigenvalue weighted by Crippen LogP contribution is 2.28. The number of benzene rings is 1. The van der Waals surface area contributed by atoms with E-state index in [1.54, 1.807) is 6.92 Å². The first kappa shape index (κ1) is 12.6. The average molecular weight is 238 g/mol. The standard InChI is InChI=1S/C10H10F4O2/c1-2-15-9-4-3-8(5-7(9)6-11)16-10(12,13)14/h3-5H,2,6H2,1H3. The maximum atomic E-state index is 12.5. The Hall–Kier alpha value is -1.46. The topological polar surface area (TPSA) is 18.5 Å². The molecule has 0 aliphatic rings. The van der Waals surface area contributed by atoms with Gasteiger partial charge in [0.05, 0.1) is 6.61 Å². The van der Waals surface area contributed by atoms with Crippen molar-refractivity contribution in [3.05, 3.63) is 23.8 Å². The van der Waals surface area contributed by atoms with Gasteiger partial charge in [-0.3, -0.25) is 0 Å². The van der Waals surface area contributed by atoms with Gasteiger partial charge in [-0.1, -0.05) is 0 Å². The smallest absolute Gasteiger partial charge is 0.493 e. The minimum Gasteiger partial charge on any atom is -0.493 e. The number of halogens is 4. The lowest BCUT2D eigenvalue weighted by Gasteiger charge is -2.12. The van der Waals surface area contributed by atoms with Gasteiger partial charge in [0.25, 0.3) is 0 Å². The Labute approximate surface area is 89.8 Å². The molecule has 0 spiro atoms. The summed E-state index contributed by atoms with van der Waals surface area (Å²) in [6.07, 6.45) is -4.78. The Morgan fingerprint density at radius 2 is 1.94 bits per heavy atom. The summed E-state index contributed by atoms with van der Waals surface area (Å²) in [6, 6.07) is 3.30. The van der Waals surface area contributed by atoms with Crippen molar-refractivity contribution in [3.8, 4) is 11.5 Å². The van der Waals surface area contributed by atoms with Crippen LogP contribution in [0.25, 0.3) is 0 Å². The predicted molar refractivity (Wildman–Crippen MR) is 49.1 cm³/mol. The molecule has 0 aliphatic carbocycles. The number of alkyl halides is 4. The summed E-state index contributed by atoms with van der Waals surface area (Å²) in [5, 5.41) is 0. The van der Waals surface area contributed by atoms with Gasteiger partial charge in [-0.05, 0) is 25.1 Å². The summed E-state index contributed by atoms with van der Waals surface area (Å²) in [4.78, 5) is 0. The fourth-order valence-electron chi connectivity index (χ4n) is 1.15. The number of ether oxygens (including phenoxy) is 2. The largest absolute Gasteiger partial charge is 0.573 e. The average Bonchev–Trinajstić information content (AvgIpc) is 2.18. The van der Waals surface area contributed by atoms with Crippen molar-refractivity contribution in [2.24, 2.45) is 0 Å².